The summed E-state index contributed by atoms with van der Waals surface area (Å²) < 4.78 is 11.7. The highest BCUT2D eigenvalue weighted by Crippen LogP contribution is 2.39. The van der Waals surface area contributed by atoms with Gasteiger partial charge < -0.3 is 9.47 Å². The van der Waals surface area contributed by atoms with E-state index in [1.165, 1.54) is 5.57 Å². The summed E-state index contributed by atoms with van der Waals surface area (Å²) in [5, 5.41) is 1.04. The van der Waals surface area contributed by atoms with Gasteiger partial charge in [-0.3, -0.25) is 4.79 Å². The molecule has 1 aliphatic heterocycles. The fourth-order valence-corrected chi connectivity index (χ4v) is 3.16. The molecule has 0 amide bonds. The van der Waals surface area contributed by atoms with Crippen LogP contribution in [0.2, 0.25) is 10.0 Å². The first-order chi connectivity index (χ1) is 11.9. The number of Topliss-reactive ketones (excluding diaryl/α,β-unsaturated/α-hetero) is 1. The van der Waals surface area contributed by atoms with Gasteiger partial charge in [-0.05, 0) is 44.2 Å². The number of halogens is 2. The number of hydrogen-bond acceptors (Lipinski definition) is 3. The summed E-state index contributed by atoms with van der Waals surface area (Å²) in [4.78, 5) is 12.5. The van der Waals surface area contributed by atoms with Crippen LogP contribution in [-0.2, 0) is 0 Å². The molecule has 25 heavy (non-hydrogen) atoms. The number of allylic oxidation sites excluding steroid dienone is 1. The van der Waals surface area contributed by atoms with Crippen LogP contribution in [0.1, 0.15) is 42.3 Å². The second kappa shape index (κ2) is 7.51. The zero-order valence-corrected chi connectivity index (χ0v) is 15.5. The molecule has 2 aromatic carbocycles. The smallest absolute Gasteiger partial charge is 0.170 e. The Morgan fingerprint density at radius 1 is 1.24 bits per heavy atom. The summed E-state index contributed by atoms with van der Waals surface area (Å²) in [5.74, 6) is 1.20. The van der Waals surface area contributed by atoms with Crippen LogP contribution in [0.5, 0.6) is 11.5 Å². The maximum atomic E-state index is 12.5. The Kier molecular flexibility index (Phi) is 5.36. The van der Waals surface area contributed by atoms with Gasteiger partial charge in [0, 0.05) is 21.7 Å². The molecule has 2 aromatic rings. The third-order valence-corrected chi connectivity index (χ3v) is 4.51. The summed E-state index contributed by atoms with van der Waals surface area (Å²) in [6.45, 7) is 4.50. The molecule has 0 spiro atoms. The topological polar surface area (TPSA) is 35.5 Å². The summed E-state index contributed by atoms with van der Waals surface area (Å²) in [6, 6.07) is 10.5. The first-order valence-corrected chi connectivity index (χ1v) is 8.74. The molecule has 1 aliphatic rings. The molecular weight excluding hydrogens is 359 g/mol. The second-order valence-electron chi connectivity index (χ2n) is 6.15. The molecular formula is C20H18Cl2O3. The molecule has 0 radical (unpaired) electrons. The minimum Gasteiger partial charge on any atom is -0.489 e. The van der Waals surface area contributed by atoms with Gasteiger partial charge in [-0.1, -0.05) is 34.8 Å². The predicted octanol–water partition coefficient (Wildman–Crippen LogP) is 6.04. The molecule has 0 saturated carbocycles. The van der Waals surface area contributed by atoms with E-state index in [1.54, 1.807) is 36.4 Å². The van der Waals surface area contributed by atoms with E-state index in [1.807, 2.05) is 19.9 Å². The average Bonchev–Trinajstić information content (AvgIpc) is 2.54. The molecule has 1 heterocycles. The lowest BCUT2D eigenvalue weighted by Crippen LogP contribution is -2.20. The SMILES string of the molecule is CC(C)=CCOc1ccc2c(c1)OC(c1ccc(Cl)cc1Cl)CC2=O. The number of ketones is 1. The number of rotatable bonds is 4. The molecule has 0 fully saturated rings. The Hall–Kier alpha value is -1.97. The van der Waals surface area contributed by atoms with Crippen molar-refractivity contribution in [3.63, 3.8) is 0 Å². The van der Waals surface area contributed by atoms with Crippen molar-refractivity contribution in [3.05, 3.63) is 69.2 Å². The minimum atomic E-state index is -0.433. The van der Waals surface area contributed by atoms with Gasteiger partial charge >= 0.3 is 0 Å². The standard InChI is InChI=1S/C20H18Cl2O3/c1-12(2)7-8-24-14-4-6-16-18(23)11-20(25-19(16)10-14)15-5-3-13(21)9-17(15)22/h3-7,9-10,20H,8,11H2,1-2H3. The summed E-state index contributed by atoms with van der Waals surface area (Å²) in [6.07, 6.45) is 1.80. The molecule has 0 aliphatic carbocycles. The van der Waals surface area contributed by atoms with Gasteiger partial charge in [-0.2, -0.15) is 0 Å². The van der Waals surface area contributed by atoms with Crippen LogP contribution >= 0.6 is 23.2 Å². The van der Waals surface area contributed by atoms with E-state index in [9.17, 15) is 4.79 Å². The van der Waals surface area contributed by atoms with Crippen LogP contribution in [-0.4, -0.2) is 12.4 Å². The Balaban J connectivity index is 1.85. The third kappa shape index (κ3) is 4.17. The molecule has 0 saturated heterocycles. The van der Waals surface area contributed by atoms with Gasteiger partial charge in [-0.15, -0.1) is 0 Å². The second-order valence-corrected chi connectivity index (χ2v) is 6.99. The van der Waals surface area contributed by atoms with E-state index >= 15 is 0 Å². The fraction of sp³-hybridized carbons (Fsp3) is 0.250. The normalized spacial score (nSPS) is 16.0. The quantitative estimate of drug-likeness (QED) is 0.609. The fourth-order valence-electron chi connectivity index (χ4n) is 2.63. The summed E-state index contributed by atoms with van der Waals surface area (Å²) in [5.41, 5.74) is 2.50. The van der Waals surface area contributed by atoms with Crippen LogP contribution in [0.15, 0.2) is 48.0 Å². The lowest BCUT2D eigenvalue weighted by atomic mass is 9.96. The first kappa shape index (κ1) is 17.8. The minimum absolute atomic E-state index is 0.0214. The molecule has 1 atom stereocenters. The van der Waals surface area contributed by atoms with Crippen molar-refractivity contribution in [2.45, 2.75) is 26.4 Å². The summed E-state index contributed by atoms with van der Waals surface area (Å²) >= 11 is 12.2. The predicted molar refractivity (Wildman–Crippen MR) is 100 cm³/mol. The molecule has 0 aromatic heterocycles. The number of carbonyl (C=O) groups excluding carboxylic acids is 1. The van der Waals surface area contributed by atoms with Crippen molar-refractivity contribution in [1.82, 2.24) is 0 Å². The highest BCUT2D eigenvalue weighted by atomic mass is 35.5. The Labute approximate surface area is 157 Å². The van der Waals surface area contributed by atoms with Crippen LogP contribution in [0.4, 0.5) is 0 Å². The Morgan fingerprint density at radius 3 is 2.76 bits per heavy atom. The van der Waals surface area contributed by atoms with Crippen molar-refractivity contribution in [2.75, 3.05) is 6.61 Å². The van der Waals surface area contributed by atoms with E-state index in [0.717, 1.165) is 5.56 Å². The number of fused-ring (bicyclic) bond motifs is 1. The third-order valence-electron chi connectivity index (χ3n) is 3.94. The average molecular weight is 377 g/mol. The molecule has 0 N–H and O–H groups in total. The number of hydrogen-bond donors (Lipinski definition) is 0. The molecule has 130 valence electrons. The van der Waals surface area contributed by atoms with Gasteiger partial charge in [0.15, 0.2) is 5.78 Å². The zero-order chi connectivity index (χ0) is 18.0. The van der Waals surface area contributed by atoms with Crippen molar-refractivity contribution < 1.29 is 14.3 Å². The van der Waals surface area contributed by atoms with Crippen molar-refractivity contribution in [3.8, 4) is 11.5 Å². The van der Waals surface area contributed by atoms with Gasteiger partial charge in [0.1, 0.15) is 24.2 Å². The zero-order valence-electron chi connectivity index (χ0n) is 14.0. The first-order valence-electron chi connectivity index (χ1n) is 7.99. The highest BCUT2D eigenvalue weighted by Gasteiger charge is 2.29. The van der Waals surface area contributed by atoms with Crippen LogP contribution in [0.25, 0.3) is 0 Å². The van der Waals surface area contributed by atoms with Gasteiger partial charge in [0.2, 0.25) is 0 Å². The maximum absolute atomic E-state index is 12.5. The molecule has 3 rings (SSSR count). The van der Waals surface area contributed by atoms with Crippen molar-refractivity contribution in [2.24, 2.45) is 0 Å². The van der Waals surface area contributed by atoms with Crippen LogP contribution in [0, 0.1) is 0 Å². The molecule has 5 heteroatoms. The summed E-state index contributed by atoms with van der Waals surface area (Å²) in [7, 11) is 0. The van der Waals surface area contributed by atoms with Gasteiger partial charge in [0.05, 0.1) is 12.0 Å². The van der Waals surface area contributed by atoms with Crippen LogP contribution < -0.4 is 9.47 Å². The van der Waals surface area contributed by atoms with E-state index in [2.05, 4.69) is 0 Å². The number of benzene rings is 2. The molecule has 3 nitrogen and oxygen atoms in total. The Morgan fingerprint density at radius 2 is 2.04 bits per heavy atom. The largest absolute Gasteiger partial charge is 0.489 e. The maximum Gasteiger partial charge on any atom is 0.170 e. The van der Waals surface area contributed by atoms with Gasteiger partial charge in [0.25, 0.3) is 0 Å². The van der Waals surface area contributed by atoms with E-state index in [4.69, 9.17) is 32.7 Å². The van der Waals surface area contributed by atoms with E-state index < -0.39 is 6.10 Å². The van der Waals surface area contributed by atoms with Crippen molar-refractivity contribution >= 4 is 29.0 Å². The van der Waals surface area contributed by atoms with Crippen LogP contribution in [0.3, 0.4) is 0 Å². The molecule has 0 bridgehead atoms. The molecule has 1 unspecified atom stereocenters. The number of carbonyl (C=O) groups is 1. The monoisotopic (exact) mass is 376 g/mol. The Bertz CT molecular complexity index is 839. The van der Waals surface area contributed by atoms with E-state index in [0.29, 0.717) is 33.7 Å². The van der Waals surface area contributed by atoms with E-state index in [-0.39, 0.29) is 12.2 Å². The highest BCUT2D eigenvalue weighted by molar-refractivity contribution is 6.35. The number of ether oxygens (including phenoxy) is 2. The lowest BCUT2D eigenvalue weighted by molar-refractivity contribution is 0.0849. The van der Waals surface area contributed by atoms with Crippen molar-refractivity contribution in [1.29, 1.82) is 0 Å². The van der Waals surface area contributed by atoms with Gasteiger partial charge in [-0.25, -0.2) is 0 Å². The lowest BCUT2D eigenvalue weighted by Gasteiger charge is -2.26.